The molecule has 138 valence electrons. The molecule has 2 aromatic heterocycles. The van der Waals surface area contributed by atoms with Gasteiger partial charge in [-0.3, -0.25) is 9.97 Å². The fourth-order valence-corrected chi connectivity index (χ4v) is 6.95. The van der Waals surface area contributed by atoms with Crippen molar-refractivity contribution in [2.24, 2.45) is 0 Å². The Morgan fingerprint density at radius 1 is 0.643 bits per heavy atom. The second-order valence-corrected chi connectivity index (χ2v) is 10.3. The van der Waals surface area contributed by atoms with Crippen LogP contribution in [-0.4, -0.2) is 9.97 Å². The third kappa shape index (κ3) is 2.38. The third-order valence-electron chi connectivity index (χ3n) is 5.92. The second-order valence-electron chi connectivity index (χ2n) is 7.45. The SMILES string of the molecule is Clc1ccc2nc3c(cc2c1)[C@@H](Br)[C@@H]1c2nc4ccc(Cl)cc4cc2[C@@H](Br)[C@H]31. The van der Waals surface area contributed by atoms with Crippen molar-refractivity contribution in [1.29, 1.82) is 0 Å². The maximum absolute atomic E-state index is 6.19. The van der Waals surface area contributed by atoms with Crippen molar-refractivity contribution in [3.63, 3.8) is 0 Å². The molecule has 2 heterocycles. The number of alkyl halides is 2. The molecule has 4 aromatic rings. The van der Waals surface area contributed by atoms with Crippen LogP contribution >= 0.6 is 55.1 Å². The number of benzene rings is 2. The van der Waals surface area contributed by atoms with Gasteiger partial charge in [0, 0.05) is 32.7 Å². The number of hydrogen-bond acceptors (Lipinski definition) is 2. The fourth-order valence-electron chi connectivity index (χ4n) is 4.70. The van der Waals surface area contributed by atoms with Crippen LogP contribution in [0.5, 0.6) is 0 Å². The van der Waals surface area contributed by atoms with E-state index in [0.717, 1.165) is 43.2 Å². The zero-order valence-corrected chi connectivity index (χ0v) is 19.0. The highest BCUT2D eigenvalue weighted by atomic mass is 79.9. The summed E-state index contributed by atoms with van der Waals surface area (Å²) in [5.74, 6) is 0.489. The maximum Gasteiger partial charge on any atom is 0.0706 e. The van der Waals surface area contributed by atoms with Gasteiger partial charge in [-0.2, -0.15) is 0 Å². The van der Waals surface area contributed by atoms with Crippen LogP contribution in [0.1, 0.15) is 44.0 Å². The van der Waals surface area contributed by atoms with Crippen molar-refractivity contribution in [2.75, 3.05) is 0 Å². The Morgan fingerprint density at radius 2 is 1.07 bits per heavy atom. The number of nitrogens with zero attached hydrogens (tertiary/aromatic N) is 2. The minimum absolute atomic E-state index is 0.168. The van der Waals surface area contributed by atoms with E-state index in [2.05, 4.69) is 44.0 Å². The molecule has 6 heteroatoms. The summed E-state index contributed by atoms with van der Waals surface area (Å²) in [7, 11) is 0. The topological polar surface area (TPSA) is 25.8 Å². The van der Waals surface area contributed by atoms with Crippen molar-refractivity contribution >= 4 is 76.9 Å². The molecule has 0 radical (unpaired) electrons. The van der Waals surface area contributed by atoms with Gasteiger partial charge in [0.2, 0.25) is 0 Å². The summed E-state index contributed by atoms with van der Waals surface area (Å²) in [6.07, 6.45) is 0. The van der Waals surface area contributed by atoms with Crippen LogP contribution in [0.3, 0.4) is 0 Å². The van der Waals surface area contributed by atoms with E-state index in [0.29, 0.717) is 0 Å². The van der Waals surface area contributed by atoms with E-state index < -0.39 is 0 Å². The molecule has 2 aromatic carbocycles. The van der Waals surface area contributed by atoms with Gasteiger partial charge < -0.3 is 0 Å². The van der Waals surface area contributed by atoms with Crippen LogP contribution < -0.4 is 0 Å². The first-order valence-electron chi connectivity index (χ1n) is 8.99. The summed E-state index contributed by atoms with van der Waals surface area (Å²) in [5.41, 5.74) is 6.70. The minimum atomic E-state index is 0.168. The van der Waals surface area contributed by atoms with Crippen molar-refractivity contribution in [2.45, 2.75) is 21.5 Å². The molecule has 0 fully saturated rings. The normalized spacial score (nSPS) is 25.1. The predicted molar refractivity (Wildman–Crippen MR) is 122 cm³/mol. The monoisotopic (exact) mass is 532 g/mol. The smallest absolute Gasteiger partial charge is 0.0706 e. The molecular weight excluding hydrogens is 523 g/mol. The van der Waals surface area contributed by atoms with Crippen LogP contribution in [-0.2, 0) is 0 Å². The number of rotatable bonds is 0. The summed E-state index contributed by atoms with van der Waals surface area (Å²) in [6.45, 7) is 0. The first kappa shape index (κ1) is 17.6. The van der Waals surface area contributed by atoms with Gasteiger partial charge in [0.05, 0.1) is 32.1 Å². The van der Waals surface area contributed by atoms with Gasteiger partial charge in [0.1, 0.15) is 0 Å². The highest BCUT2D eigenvalue weighted by Crippen LogP contribution is 2.65. The van der Waals surface area contributed by atoms with Crippen LogP contribution in [0.4, 0.5) is 0 Å². The summed E-state index contributed by atoms with van der Waals surface area (Å²) < 4.78 is 0. The van der Waals surface area contributed by atoms with Crippen molar-refractivity contribution in [3.8, 4) is 0 Å². The van der Waals surface area contributed by atoms with Gasteiger partial charge in [-0.1, -0.05) is 55.1 Å². The summed E-state index contributed by atoms with van der Waals surface area (Å²) in [5, 5.41) is 3.61. The Labute approximate surface area is 188 Å². The Morgan fingerprint density at radius 3 is 1.50 bits per heavy atom. The van der Waals surface area contributed by atoms with Gasteiger partial charge >= 0.3 is 0 Å². The highest BCUT2D eigenvalue weighted by Gasteiger charge is 2.52. The Kier molecular flexibility index (Phi) is 3.87. The van der Waals surface area contributed by atoms with E-state index in [1.807, 2.05) is 36.4 Å². The molecule has 0 amide bonds. The largest absolute Gasteiger partial charge is 0.252 e. The number of hydrogen-bond donors (Lipinski definition) is 0. The molecule has 0 saturated heterocycles. The third-order valence-corrected chi connectivity index (χ3v) is 8.51. The van der Waals surface area contributed by atoms with E-state index in [9.17, 15) is 0 Å². The molecular formula is C22H12Br2Cl2N2. The van der Waals surface area contributed by atoms with E-state index in [1.54, 1.807) is 0 Å². The van der Waals surface area contributed by atoms with Gasteiger partial charge in [-0.15, -0.1) is 0 Å². The lowest BCUT2D eigenvalue weighted by Crippen LogP contribution is -2.04. The number of aromatic nitrogens is 2. The van der Waals surface area contributed by atoms with Gasteiger partial charge in [-0.05, 0) is 59.7 Å². The zero-order valence-electron chi connectivity index (χ0n) is 14.3. The van der Waals surface area contributed by atoms with Crippen LogP contribution in [0.15, 0.2) is 48.5 Å². The van der Waals surface area contributed by atoms with E-state index in [-0.39, 0.29) is 21.5 Å². The Bertz CT molecular complexity index is 1210. The lowest BCUT2D eigenvalue weighted by Gasteiger charge is -2.14. The maximum atomic E-state index is 6.19. The molecule has 0 saturated carbocycles. The molecule has 4 atom stereocenters. The summed E-state index contributed by atoms with van der Waals surface area (Å²) in [4.78, 5) is 10.4. The standard InChI is InChI=1S/C22H12Br2Cl2N2/c23-19-13-7-9-5-11(25)1-3-15(9)27-21(13)17-18(19)22-14(20(17)24)8-10-6-12(26)2-4-16(10)28-22/h1-8,17-20H/t17-,18-,19-,20-/m1/s1. The Balaban J connectivity index is 1.57. The first-order chi connectivity index (χ1) is 13.5. The van der Waals surface area contributed by atoms with Crippen LogP contribution in [0.2, 0.25) is 10.0 Å². The second kappa shape index (κ2) is 6.15. The van der Waals surface area contributed by atoms with Crippen molar-refractivity contribution in [3.05, 3.63) is 81.1 Å². The summed E-state index contributed by atoms with van der Waals surface area (Å²) in [6, 6.07) is 16.2. The highest BCUT2D eigenvalue weighted by molar-refractivity contribution is 9.09. The molecule has 28 heavy (non-hydrogen) atoms. The number of halogens is 4. The molecule has 0 N–H and O–H groups in total. The average molecular weight is 535 g/mol. The van der Waals surface area contributed by atoms with Crippen molar-refractivity contribution < 1.29 is 0 Å². The summed E-state index contributed by atoms with van der Waals surface area (Å²) >= 11 is 20.3. The zero-order chi connectivity index (χ0) is 19.2. The lowest BCUT2D eigenvalue weighted by molar-refractivity contribution is 0.609. The van der Waals surface area contributed by atoms with Gasteiger partial charge in [0.15, 0.2) is 0 Å². The molecule has 2 nitrogen and oxygen atoms in total. The quantitative estimate of drug-likeness (QED) is 0.215. The van der Waals surface area contributed by atoms with Crippen LogP contribution in [0.25, 0.3) is 21.8 Å². The number of fused-ring (bicyclic) bond motifs is 7. The minimum Gasteiger partial charge on any atom is -0.252 e. The van der Waals surface area contributed by atoms with Gasteiger partial charge in [0.25, 0.3) is 0 Å². The van der Waals surface area contributed by atoms with E-state index in [4.69, 9.17) is 33.2 Å². The van der Waals surface area contributed by atoms with Gasteiger partial charge in [-0.25, -0.2) is 0 Å². The van der Waals surface area contributed by atoms with E-state index >= 15 is 0 Å². The molecule has 2 aliphatic carbocycles. The fraction of sp³-hybridized carbons (Fsp3) is 0.182. The van der Waals surface area contributed by atoms with E-state index in [1.165, 1.54) is 11.1 Å². The molecule has 6 rings (SSSR count). The number of pyridine rings is 2. The molecule has 2 aliphatic rings. The lowest BCUT2D eigenvalue weighted by atomic mass is 9.97. The molecule has 0 spiro atoms. The average Bonchev–Trinajstić information content (AvgIpc) is 3.12. The first-order valence-corrected chi connectivity index (χ1v) is 11.6. The Hall–Kier alpha value is -1.20. The predicted octanol–water partition coefficient (Wildman–Crippen LogP) is 7.86. The molecule has 0 bridgehead atoms. The van der Waals surface area contributed by atoms with Crippen molar-refractivity contribution in [1.82, 2.24) is 9.97 Å². The van der Waals surface area contributed by atoms with Crippen LogP contribution in [0, 0.1) is 0 Å². The molecule has 0 unspecified atom stereocenters. The molecule has 0 aliphatic heterocycles.